The van der Waals surface area contributed by atoms with Crippen molar-refractivity contribution < 1.29 is 46.7 Å². The molecule has 0 saturated heterocycles. The molecule has 1 aliphatic carbocycles. The highest BCUT2D eigenvalue weighted by atomic mass is 32.2. The van der Waals surface area contributed by atoms with Gasteiger partial charge in [-0.15, -0.1) is 0 Å². The van der Waals surface area contributed by atoms with Crippen LogP contribution in [0.3, 0.4) is 0 Å². The molecule has 15 heteroatoms. The molecule has 0 aromatic heterocycles. The molecule has 0 unspecified atom stereocenters. The summed E-state index contributed by atoms with van der Waals surface area (Å²) in [4.78, 5) is 52.3. The Morgan fingerprint density at radius 1 is 0.647 bits per heavy atom. The lowest BCUT2D eigenvalue weighted by molar-refractivity contribution is -0.211. The number of hydrogen-bond donors (Lipinski definition) is 2. The average molecular weight is 941 g/mol. The molecule has 1 aliphatic rings. The summed E-state index contributed by atoms with van der Waals surface area (Å²) in [5.41, 5.74) is 7.56. The molecule has 7 rings (SSSR count). The fraction of sp³-hybridized carbons (Fsp3) is 0.264. The van der Waals surface area contributed by atoms with Gasteiger partial charge in [0.1, 0.15) is 25.0 Å². The van der Waals surface area contributed by atoms with Crippen molar-refractivity contribution in [2.24, 2.45) is 0 Å². The summed E-state index contributed by atoms with van der Waals surface area (Å²) >= 11 is 0. The van der Waals surface area contributed by atoms with Gasteiger partial charge in [-0.2, -0.15) is 0 Å². The molecule has 6 aromatic carbocycles. The van der Waals surface area contributed by atoms with E-state index in [1.807, 2.05) is 121 Å². The fourth-order valence-electron chi connectivity index (χ4n) is 7.82. The molecule has 0 aliphatic heterocycles. The van der Waals surface area contributed by atoms with Crippen molar-refractivity contribution in [1.29, 1.82) is 0 Å². The zero-order valence-corrected chi connectivity index (χ0v) is 38.9. The molecule has 0 saturated carbocycles. The molecule has 0 spiro atoms. The second-order valence-electron chi connectivity index (χ2n) is 15.8. The van der Waals surface area contributed by atoms with Gasteiger partial charge in [0, 0.05) is 25.4 Å². The van der Waals surface area contributed by atoms with Gasteiger partial charge in [-0.1, -0.05) is 145 Å². The zero-order chi connectivity index (χ0) is 47.7. The Balaban J connectivity index is 1.06. The maximum Gasteiger partial charge on any atom is 0.407 e. The minimum absolute atomic E-state index is 0.0110. The third-order valence-corrected chi connectivity index (χ3v) is 13.1. The molecule has 6 aromatic rings. The van der Waals surface area contributed by atoms with Gasteiger partial charge in [-0.25, -0.2) is 18.3 Å². The maximum absolute atomic E-state index is 14.9. The van der Waals surface area contributed by atoms with E-state index < -0.39 is 28.1 Å². The standard InChI is InChI=1S/C53H56N4O10S/c1-3-51(58)54-31-30-50(52(59)56(36-39-14-6-4-7-15-39)67-37-40-16-8-5-9-17-40)57(68(61,62)44-28-24-42(25-29-44)41-22-26-43(63-2)27-23-41)66-35-34-64-33-32-55-53(60)65-38-49-47-20-12-10-18-45(47)46-19-11-13-21-48(46)49/h4-29,49-50H,3,30-38H2,1-2H3,(H,54,58)(H,55,60)/t50-/m1/s1. The van der Waals surface area contributed by atoms with Crippen LogP contribution in [0, 0.1) is 0 Å². The van der Waals surface area contributed by atoms with Crippen LogP contribution in [0.1, 0.15) is 47.9 Å². The number of amides is 3. The molecule has 0 heterocycles. The van der Waals surface area contributed by atoms with Gasteiger partial charge < -0.3 is 24.8 Å². The van der Waals surface area contributed by atoms with Crippen LogP contribution < -0.4 is 15.4 Å². The predicted molar refractivity (Wildman–Crippen MR) is 257 cm³/mol. The summed E-state index contributed by atoms with van der Waals surface area (Å²) in [6.45, 7) is 1.53. The molecular formula is C53H56N4O10S. The fourth-order valence-corrected chi connectivity index (χ4v) is 9.25. The topological polar surface area (TPSA) is 162 Å². The van der Waals surface area contributed by atoms with Crippen LogP contribution in [0.4, 0.5) is 4.79 Å². The molecule has 14 nitrogen and oxygen atoms in total. The minimum Gasteiger partial charge on any atom is -0.497 e. The number of sulfonamides is 1. The Hall–Kier alpha value is -6.88. The lowest BCUT2D eigenvalue weighted by atomic mass is 9.98. The van der Waals surface area contributed by atoms with Crippen molar-refractivity contribution in [3.8, 4) is 28.0 Å². The van der Waals surface area contributed by atoms with Crippen molar-refractivity contribution in [3.05, 3.63) is 180 Å². The van der Waals surface area contributed by atoms with E-state index >= 15 is 0 Å². The second-order valence-corrected chi connectivity index (χ2v) is 17.6. The zero-order valence-electron chi connectivity index (χ0n) is 38.1. The summed E-state index contributed by atoms with van der Waals surface area (Å²) in [5, 5.41) is 6.62. The number of nitrogens with zero attached hydrogens (tertiary/aromatic N) is 2. The van der Waals surface area contributed by atoms with Gasteiger partial charge in [-0.05, 0) is 75.2 Å². The van der Waals surface area contributed by atoms with Crippen molar-refractivity contribution >= 4 is 27.9 Å². The number of rotatable bonds is 24. The van der Waals surface area contributed by atoms with Crippen LogP contribution in [0.25, 0.3) is 22.3 Å². The highest BCUT2D eigenvalue weighted by Gasteiger charge is 2.40. The minimum atomic E-state index is -4.60. The molecular weight excluding hydrogens is 885 g/mol. The average Bonchev–Trinajstić information content (AvgIpc) is 3.70. The lowest BCUT2D eigenvalue weighted by Gasteiger charge is -2.33. The summed E-state index contributed by atoms with van der Waals surface area (Å²) in [6.07, 6.45) is -0.586. The van der Waals surface area contributed by atoms with E-state index in [2.05, 4.69) is 22.8 Å². The molecule has 354 valence electrons. The third-order valence-electron chi connectivity index (χ3n) is 11.4. The predicted octanol–water partition coefficient (Wildman–Crippen LogP) is 8.29. The van der Waals surface area contributed by atoms with E-state index in [-0.39, 0.29) is 82.2 Å². The summed E-state index contributed by atoms with van der Waals surface area (Å²) in [5.74, 6) is -0.410. The second kappa shape index (κ2) is 24.2. The van der Waals surface area contributed by atoms with Crippen LogP contribution in [0.2, 0.25) is 0 Å². The summed E-state index contributed by atoms with van der Waals surface area (Å²) in [6, 6.07) is 46.7. The monoisotopic (exact) mass is 940 g/mol. The number of hydroxylamine groups is 3. The number of alkyl carbamates (subject to hydrolysis) is 1. The smallest absolute Gasteiger partial charge is 0.407 e. The van der Waals surface area contributed by atoms with E-state index in [0.29, 0.717) is 10.2 Å². The van der Waals surface area contributed by atoms with E-state index in [4.69, 9.17) is 23.9 Å². The highest BCUT2D eigenvalue weighted by Crippen LogP contribution is 2.44. The number of fused-ring (bicyclic) bond motifs is 3. The first-order chi connectivity index (χ1) is 33.2. The van der Waals surface area contributed by atoms with Crippen LogP contribution in [-0.2, 0) is 51.9 Å². The molecule has 2 N–H and O–H groups in total. The molecule has 3 amide bonds. The molecule has 68 heavy (non-hydrogen) atoms. The number of nitrogens with one attached hydrogen (secondary N) is 2. The van der Waals surface area contributed by atoms with Crippen LogP contribution in [0.5, 0.6) is 5.75 Å². The molecule has 0 fully saturated rings. The molecule has 0 radical (unpaired) electrons. The number of carbonyl (C=O) groups excluding carboxylic acids is 3. The lowest BCUT2D eigenvalue weighted by Crippen LogP contribution is -2.52. The SMILES string of the molecule is CCC(=O)NCC[C@H](C(=O)N(Cc1ccccc1)OCc1ccccc1)N(OCCOCCNC(=O)OCC1c2ccccc2-c2ccccc21)S(=O)(=O)c1ccc(-c2ccc(OC)cc2)cc1. The number of benzene rings is 6. The Kier molecular flexibility index (Phi) is 17.5. The molecule has 0 bridgehead atoms. The van der Waals surface area contributed by atoms with Gasteiger partial charge in [-0.3, -0.25) is 19.3 Å². The van der Waals surface area contributed by atoms with E-state index in [1.54, 1.807) is 26.2 Å². The number of carbonyl (C=O) groups is 3. The van der Waals surface area contributed by atoms with E-state index in [1.165, 1.54) is 12.1 Å². The van der Waals surface area contributed by atoms with Crippen molar-refractivity contribution in [2.45, 2.75) is 49.8 Å². The van der Waals surface area contributed by atoms with Gasteiger partial charge in [0.05, 0.1) is 38.4 Å². The van der Waals surface area contributed by atoms with Gasteiger partial charge in [0.15, 0.2) is 0 Å². The van der Waals surface area contributed by atoms with Crippen molar-refractivity contribution in [3.63, 3.8) is 0 Å². The normalized spacial score (nSPS) is 12.5. The third kappa shape index (κ3) is 12.8. The van der Waals surface area contributed by atoms with Crippen molar-refractivity contribution in [1.82, 2.24) is 20.2 Å². The first-order valence-corrected chi connectivity index (χ1v) is 24.0. The Morgan fingerprint density at radius 2 is 1.24 bits per heavy atom. The number of methoxy groups -OCH3 is 1. The van der Waals surface area contributed by atoms with Crippen LogP contribution in [0.15, 0.2) is 163 Å². The summed E-state index contributed by atoms with van der Waals surface area (Å²) in [7, 11) is -3.02. The van der Waals surface area contributed by atoms with E-state index in [9.17, 15) is 22.8 Å². The van der Waals surface area contributed by atoms with Crippen LogP contribution in [-0.4, -0.2) is 88.5 Å². The summed E-state index contributed by atoms with van der Waals surface area (Å²) < 4.78 is 47.1. The highest BCUT2D eigenvalue weighted by molar-refractivity contribution is 7.89. The van der Waals surface area contributed by atoms with Gasteiger partial charge in [0.2, 0.25) is 5.91 Å². The first kappa shape index (κ1) is 49.0. The van der Waals surface area contributed by atoms with Crippen molar-refractivity contribution in [2.75, 3.05) is 46.6 Å². The maximum atomic E-state index is 14.9. The first-order valence-electron chi connectivity index (χ1n) is 22.5. The number of hydrogen-bond acceptors (Lipinski definition) is 10. The van der Waals surface area contributed by atoms with E-state index in [0.717, 1.165) is 49.6 Å². The van der Waals surface area contributed by atoms with Gasteiger partial charge in [0.25, 0.3) is 15.9 Å². The molecule has 1 atom stereocenters. The van der Waals surface area contributed by atoms with Gasteiger partial charge >= 0.3 is 6.09 Å². The Bertz CT molecular complexity index is 2640. The largest absolute Gasteiger partial charge is 0.497 e. The quantitative estimate of drug-likeness (QED) is 0.0446. The number of ether oxygens (including phenoxy) is 3. The Morgan fingerprint density at radius 3 is 1.85 bits per heavy atom. The Labute approximate surface area is 397 Å². The van der Waals surface area contributed by atoms with Crippen LogP contribution >= 0.6 is 0 Å².